The Hall–Kier alpha value is -2.04. The molecular formula is C21H25N. The van der Waals surface area contributed by atoms with Gasteiger partial charge in [-0.1, -0.05) is 60.4 Å². The standard InChI is InChI=1S/C21H25N/c1-21(2,3)15-8-5-9-16-22(4)17-19-13-10-12-18-11-6-7-14-20(18)19/h5-7,9-14H,16-17H2,1-4H3/b9-5+/i1D3,2D3,3D3,4D3,5D,9D,16D2,17D2. The molecule has 0 aliphatic heterocycles. The SMILES string of the molecule is [2H]/C(C#CC(C([2H])([2H])[2H])(C([2H])([2H])[2H])C([2H])([2H])[2H])=C(/[2H])C([2H])([2H])N(C([2H])([2H])[2H])C([2H])([2H])c1cccc2ccccc12. The van der Waals surface area contributed by atoms with Crippen LogP contribution in [-0.2, 0) is 6.50 Å². The fourth-order valence-corrected chi connectivity index (χ4v) is 1.71. The van der Waals surface area contributed by atoms with Crippen LogP contribution in [0.2, 0.25) is 0 Å². The van der Waals surface area contributed by atoms with Crippen LogP contribution in [0.25, 0.3) is 10.8 Å². The zero-order valence-electron chi connectivity index (χ0n) is 29.5. The van der Waals surface area contributed by atoms with Crippen molar-refractivity contribution in [1.29, 1.82) is 0 Å². The summed E-state index contributed by atoms with van der Waals surface area (Å²) in [6.45, 7) is -21.6. The first-order chi connectivity index (χ1) is 17.7. The average Bonchev–Trinajstić information content (AvgIpc) is 2.73. The van der Waals surface area contributed by atoms with Crippen molar-refractivity contribution in [3.8, 4) is 11.8 Å². The molecule has 0 aliphatic rings. The van der Waals surface area contributed by atoms with Crippen molar-refractivity contribution in [3.05, 3.63) is 60.1 Å². The Kier molecular flexibility index (Phi) is 1.57. The van der Waals surface area contributed by atoms with E-state index in [4.69, 9.17) is 24.7 Å². The summed E-state index contributed by atoms with van der Waals surface area (Å²) in [5.41, 5.74) is -3.98. The third kappa shape index (κ3) is 5.06. The molecule has 0 heterocycles. The first-order valence-corrected chi connectivity index (χ1v) is 6.24. The van der Waals surface area contributed by atoms with Crippen molar-refractivity contribution >= 4 is 10.8 Å². The third-order valence-corrected chi connectivity index (χ3v) is 2.56. The summed E-state index contributed by atoms with van der Waals surface area (Å²) < 4.78 is 142. The lowest BCUT2D eigenvalue weighted by atomic mass is 9.98. The van der Waals surface area contributed by atoms with E-state index in [-0.39, 0.29) is 15.8 Å². The van der Waals surface area contributed by atoms with Gasteiger partial charge < -0.3 is 0 Å². The predicted molar refractivity (Wildman–Crippen MR) is 96.7 cm³/mol. The molecule has 0 N–H and O–H groups in total. The smallest absolute Gasteiger partial charge is 0.0717 e. The summed E-state index contributed by atoms with van der Waals surface area (Å²) in [4.78, 5) is -0.266. The highest BCUT2D eigenvalue weighted by atomic mass is 15.1. The predicted octanol–water partition coefficient (Wildman–Crippen LogP) is 4.88. The Balaban J connectivity index is 2.84. The van der Waals surface area contributed by atoms with E-state index in [0.717, 1.165) is 0 Å². The van der Waals surface area contributed by atoms with Crippen LogP contribution in [0.3, 0.4) is 0 Å². The molecule has 2 aromatic rings. The second kappa shape index (κ2) is 7.29. The topological polar surface area (TPSA) is 3.24 Å². The van der Waals surface area contributed by atoms with Gasteiger partial charge in [0.25, 0.3) is 0 Å². The number of nitrogens with zero attached hydrogens (tertiary/aromatic N) is 1. The van der Waals surface area contributed by atoms with Gasteiger partial charge in [0.05, 0.1) is 2.74 Å². The fourth-order valence-electron chi connectivity index (χ4n) is 1.71. The van der Waals surface area contributed by atoms with Crippen molar-refractivity contribution in [2.75, 3.05) is 13.5 Å². The minimum absolute atomic E-state index is 0.235. The van der Waals surface area contributed by atoms with Crippen LogP contribution in [0.5, 0.6) is 0 Å². The summed E-state index contributed by atoms with van der Waals surface area (Å²) in [7, 11) is 0. The molecule has 22 heavy (non-hydrogen) atoms. The molecule has 0 amide bonds. The van der Waals surface area contributed by atoms with Gasteiger partial charge in [0.2, 0.25) is 0 Å². The largest absolute Gasteiger partial charge is 0.298 e. The van der Waals surface area contributed by atoms with E-state index in [2.05, 4.69) is 0 Å². The maximum absolute atomic E-state index is 8.67. The molecule has 1 nitrogen and oxygen atoms in total. The van der Waals surface area contributed by atoms with Crippen LogP contribution < -0.4 is 0 Å². The van der Waals surface area contributed by atoms with Crippen molar-refractivity contribution < 1.29 is 24.7 Å². The Labute approximate surface area is 159 Å². The molecule has 0 spiro atoms. The molecule has 0 unspecified atom stereocenters. The molecule has 0 atom stereocenters. The summed E-state index contributed by atoms with van der Waals surface area (Å²) in [6, 6.07) is 7.53. The Morgan fingerprint density at radius 2 is 2.05 bits per heavy atom. The zero-order valence-corrected chi connectivity index (χ0v) is 11.5. The van der Waals surface area contributed by atoms with Crippen molar-refractivity contribution in [2.45, 2.75) is 27.1 Å². The van der Waals surface area contributed by atoms with E-state index in [0.29, 0.717) is 5.39 Å². The number of hydrogen-bond acceptors (Lipinski definition) is 1. The lowest BCUT2D eigenvalue weighted by molar-refractivity contribution is 0.365. The number of fused-ring (bicyclic) bond motifs is 1. The van der Waals surface area contributed by atoms with Crippen LogP contribution in [0.15, 0.2) is 54.6 Å². The second-order valence-corrected chi connectivity index (χ2v) is 4.34. The van der Waals surface area contributed by atoms with Gasteiger partial charge in [-0.3, -0.25) is 4.90 Å². The summed E-state index contributed by atoms with van der Waals surface area (Å²) in [5.74, 6) is 3.19. The highest BCUT2D eigenvalue weighted by Gasteiger charge is 2.03. The summed E-state index contributed by atoms with van der Waals surface area (Å²) in [6.07, 6.45) is 0. The van der Waals surface area contributed by atoms with Crippen LogP contribution in [0, 0.1) is 17.3 Å². The van der Waals surface area contributed by atoms with Crippen LogP contribution in [0.4, 0.5) is 0 Å². The van der Waals surface area contributed by atoms with E-state index in [1.165, 1.54) is 18.2 Å². The number of benzene rings is 2. The fraction of sp³-hybridized carbons (Fsp3) is 0.333. The maximum atomic E-state index is 8.67. The molecule has 114 valence electrons. The maximum Gasteiger partial charge on any atom is 0.0717 e. The van der Waals surface area contributed by atoms with Crippen LogP contribution >= 0.6 is 0 Å². The highest BCUT2D eigenvalue weighted by Crippen LogP contribution is 2.19. The van der Waals surface area contributed by atoms with Gasteiger partial charge in [-0.05, 0) is 49.9 Å². The first kappa shape index (κ1) is 4.73. The lowest BCUT2D eigenvalue weighted by Gasteiger charge is -2.15. The van der Waals surface area contributed by atoms with E-state index in [1.807, 2.05) is 0 Å². The summed E-state index contributed by atoms with van der Waals surface area (Å²) >= 11 is 0. The van der Waals surface area contributed by atoms with E-state index < -0.39 is 58.0 Å². The number of rotatable bonds is 4. The molecule has 0 fully saturated rings. The van der Waals surface area contributed by atoms with Gasteiger partial charge in [-0.2, -0.15) is 0 Å². The first-order valence-electron chi connectivity index (χ1n) is 15.2. The molecule has 0 aliphatic carbocycles. The monoisotopic (exact) mass is 309 g/mol. The van der Waals surface area contributed by atoms with Gasteiger partial charge in [0.1, 0.15) is 0 Å². The average molecular weight is 310 g/mol. The Bertz CT molecular complexity index is 1290. The van der Waals surface area contributed by atoms with Gasteiger partial charge >= 0.3 is 0 Å². The molecule has 1 heteroatoms. The summed E-state index contributed by atoms with van der Waals surface area (Å²) in [5, 5.41) is 0.734. The van der Waals surface area contributed by atoms with Gasteiger partial charge in [0, 0.05) is 40.3 Å². The van der Waals surface area contributed by atoms with E-state index >= 15 is 0 Å². The Morgan fingerprint density at radius 3 is 2.86 bits per heavy atom. The molecule has 2 rings (SSSR count). The van der Waals surface area contributed by atoms with Crippen molar-refractivity contribution in [2.24, 2.45) is 5.41 Å². The molecule has 0 bridgehead atoms. The zero-order chi connectivity index (χ0) is 31.3. The Morgan fingerprint density at radius 1 is 1.23 bits per heavy atom. The van der Waals surface area contributed by atoms with E-state index in [1.54, 1.807) is 36.1 Å². The van der Waals surface area contributed by atoms with Crippen molar-refractivity contribution in [1.82, 2.24) is 4.90 Å². The highest BCUT2D eigenvalue weighted by molar-refractivity contribution is 5.85. The minimum Gasteiger partial charge on any atom is -0.298 e. The second-order valence-electron chi connectivity index (χ2n) is 4.34. The molecule has 0 radical (unpaired) electrons. The molecule has 0 saturated heterocycles. The molecule has 0 saturated carbocycles. The quantitative estimate of drug-likeness (QED) is 0.728. The third-order valence-electron chi connectivity index (χ3n) is 2.56. The lowest BCUT2D eigenvalue weighted by Crippen LogP contribution is -2.17. The van der Waals surface area contributed by atoms with Crippen LogP contribution in [-0.4, -0.2) is 18.4 Å². The minimum atomic E-state index is -3.76. The molecular weight excluding hydrogens is 266 g/mol. The molecule has 0 aromatic heterocycles. The normalized spacial score (nSPS) is 28.4. The number of likely N-dealkylation sites (N-methyl/N-ethyl adjacent to an activating group) is 1. The number of hydrogen-bond donors (Lipinski definition) is 0. The molecule has 2 aromatic carbocycles. The van der Waals surface area contributed by atoms with E-state index in [9.17, 15) is 0 Å². The number of allylic oxidation sites excluding steroid dienone is 1. The van der Waals surface area contributed by atoms with Gasteiger partial charge in [-0.15, -0.1) is 0 Å². The van der Waals surface area contributed by atoms with Gasteiger partial charge in [0.15, 0.2) is 0 Å². The van der Waals surface area contributed by atoms with Gasteiger partial charge in [-0.25, -0.2) is 0 Å². The van der Waals surface area contributed by atoms with Crippen molar-refractivity contribution in [3.63, 3.8) is 0 Å². The van der Waals surface area contributed by atoms with Crippen LogP contribution in [0.1, 0.15) is 50.8 Å².